The molecular formula is C15H17F3N2O2. The van der Waals surface area contributed by atoms with Crippen molar-refractivity contribution in [2.75, 3.05) is 0 Å². The Bertz CT molecular complexity index is 573. The minimum absolute atomic E-state index is 0.0245. The van der Waals surface area contributed by atoms with E-state index >= 15 is 0 Å². The molecule has 0 unspecified atom stereocenters. The molecule has 0 heterocycles. The van der Waals surface area contributed by atoms with Gasteiger partial charge in [-0.05, 0) is 44.5 Å². The standard InChI is InChI=1S/C15H17F3N2O2/c1-9(2)3-8-12(13(19)21)20-14(22)10-4-6-11(7-5-10)15(16,17)18/h3-7,12H,8H2,1-2H3,(H2,19,21)(H,20,22)/t12-/m0/s1. The zero-order valence-electron chi connectivity index (χ0n) is 12.2. The van der Waals surface area contributed by atoms with E-state index in [0.29, 0.717) is 0 Å². The molecule has 1 atom stereocenters. The Hall–Kier alpha value is -2.31. The van der Waals surface area contributed by atoms with Gasteiger partial charge in [-0.3, -0.25) is 9.59 Å². The number of nitrogens with two attached hydrogens (primary N) is 1. The van der Waals surface area contributed by atoms with E-state index in [1.54, 1.807) is 6.08 Å². The maximum atomic E-state index is 12.4. The van der Waals surface area contributed by atoms with Gasteiger partial charge in [0.1, 0.15) is 6.04 Å². The molecule has 3 N–H and O–H groups in total. The molecule has 0 radical (unpaired) electrons. The van der Waals surface area contributed by atoms with E-state index in [1.165, 1.54) is 0 Å². The van der Waals surface area contributed by atoms with Gasteiger partial charge in [-0.25, -0.2) is 0 Å². The van der Waals surface area contributed by atoms with Crippen LogP contribution < -0.4 is 11.1 Å². The van der Waals surface area contributed by atoms with Crippen molar-refractivity contribution in [1.82, 2.24) is 5.32 Å². The van der Waals surface area contributed by atoms with Gasteiger partial charge in [0.25, 0.3) is 5.91 Å². The Labute approximate surface area is 126 Å². The fourth-order valence-corrected chi connectivity index (χ4v) is 1.65. The Balaban J connectivity index is 2.82. The van der Waals surface area contributed by atoms with E-state index in [9.17, 15) is 22.8 Å². The lowest BCUT2D eigenvalue weighted by Gasteiger charge is -2.14. The molecule has 120 valence electrons. The van der Waals surface area contributed by atoms with Crippen LogP contribution in [0.5, 0.6) is 0 Å². The molecule has 0 saturated heterocycles. The number of primary amides is 1. The van der Waals surface area contributed by atoms with Crippen LogP contribution in [0.4, 0.5) is 13.2 Å². The summed E-state index contributed by atoms with van der Waals surface area (Å²) in [7, 11) is 0. The quantitative estimate of drug-likeness (QED) is 0.820. The third-order valence-electron chi connectivity index (χ3n) is 2.88. The van der Waals surface area contributed by atoms with Crippen molar-refractivity contribution in [2.24, 2.45) is 5.73 Å². The lowest BCUT2D eigenvalue weighted by atomic mass is 10.1. The van der Waals surface area contributed by atoms with Gasteiger partial charge in [0, 0.05) is 5.56 Å². The highest BCUT2D eigenvalue weighted by molar-refractivity contribution is 5.97. The predicted molar refractivity (Wildman–Crippen MR) is 75.9 cm³/mol. The molecule has 2 amide bonds. The molecule has 22 heavy (non-hydrogen) atoms. The van der Waals surface area contributed by atoms with E-state index < -0.39 is 29.6 Å². The van der Waals surface area contributed by atoms with Gasteiger partial charge >= 0.3 is 6.18 Å². The van der Waals surface area contributed by atoms with Crippen LogP contribution in [0.1, 0.15) is 36.2 Å². The molecule has 0 aliphatic carbocycles. The van der Waals surface area contributed by atoms with Crippen LogP contribution >= 0.6 is 0 Å². The van der Waals surface area contributed by atoms with Crippen LogP contribution in [0.2, 0.25) is 0 Å². The Morgan fingerprint density at radius 3 is 2.18 bits per heavy atom. The van der Waals surface area contributed by atoms with Gasteiger partial charge in [0.2, 0.25) is 5.91 Å². The van der Waals surface area contributed by atoms with Crippen molar-refractivity contribution in [3.05, 3.63) is 47.0 Å². The summed E-state index contributed by atoms with van der Waals surface area (Å²) in [5.74, 6) is -1.36. The lowest BCUT2D eigenvalue weighted by molar-refractivity contribution is -0.137. The number of carbonyl (C=O) groups excluding carboxylic acids is 2. The number of amides is 2. The van der Waals surface area contributed by atoms with Gasteiger partial charge in [-0.1, -0.05) is 11.6 Å². The normalized spacial score (nSPS) is 12.4. The maximum absolute atomic E-state index is 12.4. The molecule has 0 fully saturated rings. The summed E-state index contributed by atoms with van der Waals surface area (Å²) in [5.41, 5.74) is 5.33. The first kappa shape index (κ1) is 17.7. The van der Waals surface area contributed by atoms with Crippen molar-refractivity contribution >= 4 is 11.8 Å². The fraction of sp³-hybridized carbons (Fsp3) is 0.333. The van der Waals surface area contributed by atoms with Crippen molar-refractivity contribution < 1.29 is 22.8 Å². The maximum Gasteiger partial charge on any atom is 0.416 e. The van der Waals surface area contributed by atoms with Crippen LogP contribution in [0.15, 0.2) is 35.9 Å². The molecule has 0 saturated carbocycles. The number of hydrogen-bond donors (Lipinski definition) is 2. The first-order chi connectivity index (χ1) is 10.1. The van der Waals surface area contributed by atoms with Crippen LogP contribution in [0.25, 0.3) is 0 Å². The minimum Gasteiger partial charge on any atom is -0.368 e. The summed E-state index contributed by atoms with van der Waals surface area (Å²) < 4.78 is 37.3. The second kappa shape index (κ2) is 7.11. The number of nitrogens with one attached hydrogen (secondary N) is 1. The number of hydrogen-bond acceptors (Lipinski definition) is 2. The average molecular weight is 314 g/mol. The molecule has 0 spiro atoms. The van der Waals surface area contributed by atoms with Gasteiger partial charge in [0.05, 0.1) is 5.56 Å². The first-order valence-corrected chi connectivity index (χ1v) is 6.52. The van der Waals surface area contributed by atoms with Crippen molar-refractivity contribution in [3.63, 3.8) is 0 Å². The molecular weight excluding hydrogens is 297 g/mol. The Morgan fingerprint density at radius 2 is 1.77 bits per heavy atom. The van der Waals surface area contributed by atoms with Crippen molar-refractivity contribution in [3.8, 4) is 0 Å². The minimum atomic E-state index is -4.46. The molecule has 7 heteroatoms. The average Bonchev–Trinajstić information content (AvgIpc) is 2.41. The summed E-state index contributed by atoms with van der Waals surface area (Å²) in [6.45, 7) is 3.66. The number of carbonyl (C=O) groups is 2. The molecule has 0 bridgehead atoms. The molecule has 1 aromatic carbocycles. The smallest absolute Gasteiger partial charge is 0.368 e. The highest BCUT2D eigenvalue weighted by Gasteiger charge is 2.30. The zero-order valence-corrected chi connectivity index (χ0v) is 12.2. The summed E-state index contributed by atoms with van der Waals surface area (Å²) in [6, 6.07) is 2.81. The largest absolute Gasteiger partial charge is 0.416 e. The van der Waals surface area contributed by atoms with E-state index in [4.69, 9.17) is 5.73 Å². The highest BCUT2D eigenvalue weighted by Crippen LogP contribution is 2.29. The molecule has 1 rings (SSSR count). The molecule has 0 aliphatic heterocycles. The van der Waals surface area contributed by atoms with E-state index in [-0.39, 0.29) is 12.0 Å². The third-order valence-corrected chi connectivity index (χ3v) is 2.88. The summed E-state index contributed by atoms with van der Waals surface area (Å²) in [6.07, 6.45) is -2.50. The summed E-state index contributed by atoms with van der Waals surface area (Å²) >= 11 is 0. The number of halogens is 3. The SMILES string of the molecule is CC(C)=CC[C@H](NC(=O)c1ccc(C(F)(F)F)cc1)C(N)=O. The highest BCUT2D eigenvalue weighted by atomic mass is 19.4. The molecule has 0 aromatic heterocycles. The fourth-order valence-electron chi connectivity index (χ4n) is 1.65. The summed E-state index contributed by atoms with van der Waals surface area (Å²) in [4.78, 5) is 23.2. The lowest BCUT2D eigenvalue weighted by Crippen LogP contribution is -2.44. The Morgan fingerprint density at radius 1 is 1.23 bits per heavy atom. The van der Waals surface area contributed by atoms with Crippen LogP contribution in [0, 0.1) is 0 Å². The van der Waals surface area contributed by atoms with Gasteiger partial charge in [-0.2, -0.15) is 13.2 Å². The second-order valence-electron chi connectivity index (χ2n) is 5.02. The van der Waals surface area contributed by atoms with E-state index in [0.717, 1.165) is 29.8 Å². The summed E-state index contributed by atoms with van der Waals surface area (Å²) in [5, 5.41) is 2.41. The number of alkyl halides is 3. The monoisotopic (exact) mass is 314 g/mol. The number of benzene rings is 1. The third kappa shape index (κ3) is 5.23. The van der Waals surface area contributed by atoms with Gasteiger partial charge in [-0.15, -0.1) is 0 Å². The van der Waals surface area contributed by atoms with Crippen LogP contribution in [0.3, 0.4) is 0 Å². The topological polar surface area (TPSA) is 72.2 Å². The van der Waals surface area contributed by atoms with E-state index in [2.05, 4.69) is 5.32 Å². The number of allylic oxidation sites excluding steroid dienone is 1. The van der Waals surface area contributed by atoms with E-state index in [1.807, 2.05) is 13.8 Å². The Kier molecular flexibility index (Phi) is 5.73. The zero-order chi connectivity index (χ0) is 16.9. The van der Waals surface area contributed by atoms with Crippen molar-refractivity contribution in [1.29, 1.82) is 0 Å². The van der Waals surface area contributed by atoms with Crippen LogP contribution in [-0.2, 0) is 11.0 Å². The van der Waals surface area contributed by atoms with Gasteiger partial charge < -0.3 is 11.1 Å². The first-order valence-electron chi connectivity index (χ1n) is 6.52. The molecule has 0 aliphatic rings. The second-order valence-corrected chi connectivity index (χ2v) is 5.02. The van der Waals surface area contributed by atoms with Gasteiger partial charge in [0.15, 0.2) is 0 Å². The van der Waals surface area contributed by atoms with Crippen molar-refractivity contribution in [2.45, 2.75) is 32.5 Å². The molecule has 4 nitrogen and oxygen atoms in total. The number of rotatable bonds is 5. The predicted octanol–water partition coefficient (Wildman–Crippen LogP) is 2.65. The molecule has 1 aromatic rings. The van der Waals surface area contributed by atoms with Crippen LogP contribution in [-0.4, -0.2) is 17.9 Å².